The molecule has 0 unspecified atom stereocenters. The Hall–Kier alpha value is -1.33. The fourth-order valence-corrected chi connectivity index (χ4v) is 3.48. The Morgan fingerprint density at radius 2 is 2.19 bits per heavy atom. The highest BCUT2D eigenvalue weighted by Gasteiger charge is 2.18. The summed E-state index contributed by atoms with van der Waals surface area (Å²) in [6.07, 6.45) is 4.21. The molecule has 1 fully saturated rings. The first-order valence-corrected chi connectivity index (χ1v) is 8.10. The summed E-state index contributed by atoms with van der Waals surface area (Å²) in [6.45, 7) is 5.48. The van der Waals surface area contributed by atoms with Gasteiger partial charge in [-0.15, -0.1) is 4.91 Å². The molecule has 0 atom stereocenters. The number of aromatic nitrogens is 1. The predicted octanol–water partition coefficient (Wildman–Crippen LogP) is 4.63. The standard InChI is InChI=1S/C16H18BrN3O/c1-11-4-7-20(8-5-11)10-12-9-14(17)16(19-21)15-13(12)3-2-6-18-15/h2-3,6,9,11H,4-5,7-8,10H2,1H3. The van der Waals surface area contributed by atoms with Crippen molar-refractivity contribution < 1.29 is 0 Å². The molecule has 2 heterocycles. The zero-order valence-electron chi connectivity index (χ0n) is 12.1. The zero-order valence-corrected chi connectivity index (χ0v) is 13.6. The van der Waals surface area contributed by atoms with Crippen LogP contribution in [0.3, 0.4) is 0 Å². The van der Waals surface area contributed by atoms with Crippen molar-refractivity contribution in [2.24, 2.45) is 11.1 Å². The van der Waals surface area contributed by atoms with E-state index in [1.807, 2.05) is 18.2 Å². The lowest BCUT2D eigenvalue weighted by Gasteiger charge is -2.30. The van der Waals surface area contributed by atoms with Crippen LogP contribution in [0.15, 0.2) is 34.0 Å². The SMILES string of the molecule is CC1CCN(Cc2cc(Br)c(N=O)c3ncccc23)CC1. The molecule has 21 heavy (non-hydrogen) atoms. The number of pyridine rings is 1. The van der Waals surface area contributed by atoms with E-state index in [2.05, 4.69) is 37.9 Å². The molecule has 4 nitrogen and oxygen atoms in total. The second-order valence-electron chi connectivity index (χ2n) is 5.82. The van der Waals surface area contributed by atoms with Gasteiger partial charge in [0.15, 0.2) is 0 Å². The first kappa shape index (κ1) is 14.6. The van der Waals surface area contributed by atoms with Gasteiger partial charge in [-0.3, -0.25) is 9.88 Å². The van der Waals surface area contributed by atoms with Crippen molar-refractivity contribution in [2.75, 3.05) is 13.1 Å². The highest BCUT2D eigenvalue weighted by molar-refractivity contribution is 9.10. The fourth-order valence-electron chi connectivity index (χ4n) is 2.94. The molecule has 110 valence electrons. The van der Waals surface area contributed by atoms with Crippen molar-refractivity contribution >= 4 is 32.5 Å². The average molecular weight is 348 g/mol. The van der Waals surface area contributed by atoms with Crippen LogP contribution < -0.4 is 0 Å². The molecule has 1 aromatic carbocycles. The number of piperidine rings is 1. The minimum Gasteiger partial charge on any atom is -0.299 e. The van der Waals surface area contributed by atoms with Gasteiger partial charge in [-0.2, -0.15) is 0 Å². The van der Waals surface area contributed by atoms with Gasteiger partial charge in [0.25, 0.3) is 0 Å². The van der Waals surface area contributed by atoms with Crippen molar-refractivity contribution in [3.63, 3.8) is 0 Å². The van der Waals surface area contributed by atoms with Gasteiger partial charge in [-0.25, -0.2) is 0 Å². The maximum atomic E-state index is 11.0. The predicted molar refractivity (Wildman–Crippen MR) is 88.6 cm³/mol. The molecule has 1 aliphatic heterocycles. The zero-order chi connectivity index (χ0) is 14.8. The second kappa shape index (κ2) is 6.20. The third kappa shape index (κ3) is 2.99. The lowest BCUT2D eigenvalue weighted by Crippen LogP contribution is -2.32. The molecule has 1 saturated heterocycles. The van der Waals surface area contributed by atoms with Crippen molar-refractivity contribution in [3.8, 4) is 0 Å². The van der Waals surface area contributed by atoms with E-state index < -0.39 is 0 Å². The minimum absolute atomic E-state index is 0.390. The van der Waals surface area contributed by atoms with Gasteiger partial charge in [0.05, 0.1) is 0 Å². The monoisotopic (exact) mass is 347 g/mol. The average Bonchev–Trinajstić information content (AvgIpc) is 2.50. The van der Waals surface area contributed by atoms with E-state index in [9.17, 15) is 4.91 Å². The first-order valence-electron chi connectivity index (χ1n) is 7.31. The van der Waals surface area contributed by atoms with E-state index in [4.69, 9.17) is 0 Å². The number of nitrogens with zero attached hydrogens (tertiary/aromatic N) is 3. The smallest absolute Gasteiger partial charge is 0.148 e. The molecule has 5 heteroatoms. The number of likely N-dealkylation sites (tertiary alicyclic amines) is 1. The molecule has 0 bridgehead atoms. The van der Waals surface area contributed by atoms with E-state index in [1.165, 1.54) is 18.4 Å². The molecular weight excluding hydrogens is 330 g/mol. The van der Waals surface area contributed by atoms with E-state index in [1.54, 1.807) is 6.20 Å². The molecule has 1 aliphatic rings. The summed E-state index contributed by atoms with van der Waals surface area (Å²) in [7, 11) is 0. The van der Waals surface area contributed by atoms with Crippen LogP contribution in [0.5, 0.6) is 0 Å². The first-order chi connectivity index (χ1) is 10.2. The van der Waals surface area contributed by atoms with E-state index >= 15 is 0 Å². The van der Waals surface area contributed by atoms with Crippen LogP contribution >= 0.6 is 15.9 Å². The number of rotatable bonds is 3. The Kier molecular flexibility index (Phi) is 4.31. The quantitative estimate of drug-likeness (QED) is 0.760. The van der Waals surface area contributed by atoms with E-state index in [-0.39, 0.29) is 0 Å². The molecule has 0 N–H and O–H groups in total. The molecular formula is C16H18BrN3O. The number of hydrogen-bond donors (Lipinski definition) is 0. The van der Waals surface area contributed by atoms with E-state index in [0.717, 1.165) is 35.4 Å². The highest BCUT2D eigenvalue weighted by atomic mass is 79.9. The van der Waals surface area contributed by atoms with Crippen LogP contribution in [0.25, 0.3) is 10.9 Å². The number of hydrogen-bond acceptors (Lipinski definition) is 4. The second-order valence-corrected chi connectivity index (χ2v) is 6.67. The van der Waals surface area contributed by atoms with Crippen LogP contribution in [-0.2, 0) is 6.54 Å². The van der Waals surface area contributed by atoms with Crippen molar-refractivity contribution in [2.45, 2.75) is 26.3 Å². The third-order valence-electron chi connectivity index (χ3n) is 4.27. The van der Waals surface area contributed by atoms with Crippen LogP contribution in [0.4, 0.5) is 5.69 Å². The Bertz CT molecular complexity index is 666. The summed E-state index contributed by atoms with van der Waals surface area (Å²) in [4.78, 5) is 17.9. The summed E-state index contributed by atoms with van der Waals surface area (Å²) < 4.78 is 0.726. The summed E-state index contributed by atoms with van der Waals surface area (Å²) >= 11 is 3.45. The Morgan fingerprint density at radius 3 is 2.90 bits per heavy atom. The minimum atomic E-state index is 0.390. The van der Waals surface area contributed by atoms with Crippen LogP contribution in [0.2, 0.25) is 0 Å². The molecule has 2 aromatic rings. The maximum Gasteiger partial charge on any atom is 0.148 e. The van der Waals surface area contributed by atoms with Gasteiger partial charge in [-0.05, 0) is 70.7 Å². The van der Waals surface area contributed by atoms with Crippen LogP contribution in [0, 0.1) is 10.8 Å². The van der Waals surface area contributed by atoms with Gasteiger partial charge in [0.2, 0.25) is 0 Å². The summed E-state index contributed by atoms with van der Waals surface area (Å²) in [5.41, 5.74) is 2.27. The largest absolute Gasteiger partial charge is 0.299 e. The summed E-state index contributed by atoms with van der Waals surface area (Å²) in [5.74, 6) is 0.827. The molecule has 1 aromatic heterocycles. The van der Waals surface area contributed by atoms with Crippen molar-refractivity contribution in [3.05, 3.63) is 39.3 Å². The van der Waals surface area contributed by atoms with Crippen molar-refractivity contribution in [1.82, 2.24) is 9.88 Å². The van der Waals surface area contributed by atoms with E-state index in [0.29, 0.717) is 11.2 Å². The Balaban J connectivity index is 1.97. The fraction of sp³-hybridized carbons (Fsp3) is 0.438. The van der Waals surface area contributed by atoms with Gasteiger partial charge in [0, 0.05) is 22.6 Å². The molecule has 0 amide bonds. The molecule has 0 aliphatic carbocycles. The summed E-state index contributed by atoms with van der Waals surface area (Å²) in [5, 5.41) is 4.15. The van der Waals surface area contributed by atoms with Gasteiger partial charge >= 0.3 is 0 Å². The van der Waals surface area contributed by atoms with Crippen molar-refractivity contribution in [1.29, 1.82) is 0 Å². The molecule has 0 spiro atoms. The number of fused-ring (bicyclic) bond motifs is 1. The lowest BCUT2D eigenvalue weighted by molar-refractivity contribution is 0.186. The van der Waals surface area contributed by atoms with Gasteiger partial charge < -0.3 is 0 Å². The summed E-state index contributed by atoms with van der Waals surface area (Å²) in [6, 6.07) is 5.94. The molecule has 0 saturated carbocycles. The third-order valence-corrected chi connectivity index (χ3v) is 4.87. The topological polar surface area (TPSA) is 45.6 Å². The molecule has 3 rings (SSSR count). The molecule has 0 radical (unpaired) electrons. The number of nitroso groups, excluding NO2 is 1. The Morgan fingerprint density at radius 1 is 1.43 bits per heavy atom. The van der Waals surface area contributed by atoms with Crippen LogP contribution in [0.1, 0.15) is 25.3 Å². The number of halogens is 1. The normalized spacial score (nSPS) is 17.2. The van der Waals surface area contributed by atoms with Gasteiger partial charge in [0.1, 0.15) is 11.2 Å². The van der Waals surface area contributed by atoms with Gasteiger partial charge in [-0.1, -0.05) is 13.0 Å². The highest BCUT2D eigenvalue weighted by Crippen LogP contribution is 2.35. The Labute approximate surface area is 132 Å². The lowest BCUT2D eigenvalue weighted by atomic mass is 9.98. The number of benzene rings is 1. The van der Waals surface area contributed by atoms with Crippen LogP contribution in [-0.4, -0.2) is 23.0 Å². The maximum absolute atomic E-state index is 11.0.